The summed E-state index contributed by atoms with van der Waals surface area (Å²) in [5.41, 5.74) is -0.0380. The Morgan fingerprint density at radius 3 is 2.59 bits per heavy atom. The molecule has 0 unspecified atom stereocenters. The van der Waals surface area contributed by atoms with Crippen LogP contribution in [0.1, 0.15) is 0 Å². The Bertz CT molecular complexity index is 592. The lowest BCUT2D eigenvalue weighted by molar-refractivity contribution is 1.11. The van der Waals surface area contributed by atoms with E-state index in [1.165, 1.54) is 0 Å². The van der Waals surface area contributed by atoms with Gasteiger partial charge in [-0.3, -0.25) is 4.79 Å². The molecule has 1 aromatic heterocycles. The Balaban J connectivity index is 2.62. The largest absolute Gasteiger partial charge is 0.371 e. The molecule has 0 atom stereocenters. The molecule has 6 nitrogen and oxygen atoms in total. The normalized spacial score (nSPS) is 9.94. The predicted molar refractivity (Wildman–Crippen MR) is 65.3 cm³/mol. The fourth-order valence-electron chi connectivity index (χ4n) is 1.46. The second-order valence-electron chi connectivity index (χ2n) is 3.32. The van der Waals surface area contributed by atoms with Crippen molar-refractivity contribution in [1.82, 2.24) is 9.97 Å². The zero-order chi connectivity index (χ0) is 12.3. The van der Waals surface area contributed by atoms with E-state index in [4.69, 9.17) is 0 Å². The monoisotopic (exact) mass is 230 g/mol. The summed E-state index contributed by atoms with van der Waals surface area (Å²) in [7, 11) is 1.57. The summed E-state index contributed by atoms with van der Waals surface area (Å²) in [4.78, 5) is 28.7. The summed E-state index contributed by atoms with van der Waals surface area (Å²) in [5.74, 6) is 0.565. The van der Waals surface area contributed by atoms with Crippen LogP contribution in [0.15, 0.2) is 40.3 Å². The number of nitroso groups, excluding NO2 is 1. The van der Waals surface area contributed by atoms with Crippen molar-refractivity contribution in [3.63, 3.8) is 0 Å². The van der Waals surface area contributed by atoms with Crippen molar-refractivity contribution in [2.45, 2.75) is 0 Å². The molecule has 0 spiro atoms. The van der Waals surface area contributed by atoms with Gasteiger partial charge in [0.2, 0.25) is 5.69 Å². The molecule has 2 N–H and O–H groups in total. The van der Waals surface area contributed by atoms with Crippen LogP contribution in [-0.2, 0) is 0 Å². The first kappa shape index (κ1) is 11.0. The van der Waals surface area contributed by atoms with Gasteiger partial charge in [-0.15, -0.1) is 4.91 Å². The van der Waals surface area contributed by atoms with E-state index in [-0.39, 0.29) is 11.5 Å². The van der Waals surface area contributed by atoms with Crippen molar-refractivity contribution in [1.29, 1.82) is 0 Å². The number of rotatable bonds is 3. The summed E-state index contributed by atoms with van der Waals surface area (Å²) < 4.78 is 0. The van der Waals surface area contributed by atoms with Crippen molar-refractivity contribution >= 4 is 11.5 Å². The zero-order valence-electron chi connectivity index (χ0n) is 9.10. The molecule has 0 amide bonds. The van der Waals surface area contributed by atoms with E-state index in [9.17, 15) is 9.70 Å². The molecule has 0 saturated carbocycles. The average molecular weight is 230 g/mol. The molecule has 17 heavy (non-hydrogen) atoms. The van der Waals surface area contributed by atoms with Gasteiger partial charge in [-0.05, 0) is 5.18 Å². The molecule has 0 radical (unpaired) electrons. The van der Waals surface area contributed by atoms with Crippen molar-refractivity contribution in [2.24, 2.45) is 5.18 Å². The molecule has 0 bridgehead atoms. The highest BCUT2D eigenvalue weighted by Crippen LogP contribution is 2.20. The summed E-state index contributed by atoms with van der Waals surface area (Å²) in [5, 5.41) is 5.33. The third-order valence-corrected chi connectivity index (χ3v) is 2.27. The van der Waals surface area contributed by atoms with E-state index in [0.29, 0.717) is 5.82 Å². The summed E-state index contributed by atoms with van der Waals surface area (Å²) in [6.07, 6.45) is 0. The van der Waals surface area contributed by atoms with Crippen LogP contribution in [0.25, 0.3) is 11.4 Å². The SMILES string of the molecule is CNc1nc(-c2ccccc2)[nH]c(=O)c1N=O. The van der Waals surface area contributed by atoms with Crippen LogP contribution in [0.4, 0.5) is 11.5 Å². The van der Waals surface area contributed by atoms with Crippen molar-refractivity contribution in [2.75, 3.05) is 12.4 Å². The standard InChI is InChI=1S/C11H10N4O2/c1-12-10-8(15-17)11(16)14-9(13-10)7-5-3-2-4-6-7/h2-6H,1H3,(H2,12,13,14,16). The molecular formula is C11H10N4O2. The fraction of sp³-hybridized carbons (Fsp3) is 0.0909. The van der Waals surface area contributed by atoms with Gasteiger partial charge in [0.1, 0.15) is 5.82 Å². The highest BCUT2D eigenvalue weighted by molar-refractivity contribution is 5.64. The fourth-order valence-corrected chi connectivity index (χ4v) is 1.46. The quantitative estimate of drug-likeness (QED) is 0.788. The molecule has 1 heterocycles. The zero-order valence-corrected chi connectivity index (χ0v) is 9.10. The Morgan fingerprint density at radius 2 is 2.00 bits per heavy atom. The molecule has 1 aromatic carbocycles. The predicted octanol–water partition coefficient (Wildman–Crippen LogP) is 1.88. The maximum atomic E-state index is 11.6. The second kappa shape index (κ2) is 4.56. The molecule has 0 aliphatic rings. The number of H-pyrrole nitrogens is 1. The van der Waals surface area contributed by atoms with Crippen LogP contribution in [0.2, 0.25) is 0 Å². The van der Waals surface area contributed by atoms with Crippen LogP contribution in [-0.4, -0.2) is 17.0 Å². The van der Waals surface area contributed by atoms with E-state index < -0.39 is 5.56 Å². The molecular weight excluding hydrogens is 220 g/mol. The summed E-state index contributed by atoms with van der Waals surface area (Å²) >= 11 is 0. The number of benzene rings is 1. The number of aromatic nitrogens is 2. The van der Waals surface area contributed by atoms with E-state index >= 15 is 0 Å². The minimum atomic E-state index is -0.557. The third-order valence-electron chi connectivity index (χ3n) is 2.27. The number of hydrogen-bond acceptors (Lipinski definition) is 5. The minimum Gasteiger partial charge on any atom is -0.371 e. The van der Waals surface area contributed by atoms with E-state index in [0.717, 1.165) is 5.56 Å². The molecule has 0 saturated heterocycles. The van der Waals surface area contributed by atoms with Crippen LogP contribution < -0.4 is 10.9 Å². The molecule has 2 rings (SSSR count). The second-order valence-corrected chi connectivity index (χ2v) is 3.32. The Labute approximate surface area is 96.7 Å². The highest BCUT2D eigenvalue weighted by Gasteiger charge is 2.11. The molecule has 2 aromatic rings. The van der Waals surface area contributed by atoms with E-state index in [1.54, 1.807) is 7.05 Å². The first-order valence-corrected chi connectivity index (χ1v) is 4.97. The van der Waals surface area contributed by atoms with Gasteiger partial charge < -0.3 is 10.3 Å². The summed E-state index contributed by atoms with van der Waals surface area (Å²) in [6, 6.07) is 9.15. The lowest BCUT2D eigenvalue weighted by Gasteiger charge is -2.05. The van der Waals surface area contributed by atoms with Gasteiger partial charge >= 0.3 is 0 Å². The smallest absolute Gasteiger partial charge is 0.282 e. The van der Waals surface area contributed by atoms with Crippen molar-refractivity contribution < 1.29 is 0 Å². The van der Waals surface area contributed by atoms with Crippen LogP contribution in [0.3, 0.4) is 0 Å². The van der Waals surface area contributed by atoms with Crippen molar-refractivity contribution in [3.05, 3.63) is 45.6 Å². The first-order chi connectivity index (χ1) is 8.26. The molecule has 0 fully saturated rings. The Hall–Kier alpha value is -2.50. The number of nitrogens with zero attached hydrogens (tertiary/aromatic N) is 2. The third kappa shape index (κ3) is 2.05. The summed E-state index contributed by atoms with van der Waals surface area (Å²) in [6.45, 7) is 0. The van der Waals surface area contributed by atoms with E-state index in [2.05, 4.69) is 20.5 Å². The number of anilines is 1. The number of aromatic amines is 1. The van der Waals surface area contributed by atoms with Gasteiger partial charge in [0.05, 0.1) is 0 Å². The Morgan fingerprint density at radius 1 is 1.29 bits per heavy atom. The van der Waals surface area contributed by atoms with E-state index in [1.807, 2.05) is 30.3 Å². The maximum Gasteiger partial charge on any atom is 0.282 e. The van der Waals surface area contributed by atoms with Gasteiger partial charge in [0.25, 0.3) is 5.56 Å². The number of hydrogen-bond donors (Lipinski definition) is 2. The van der Waals surface area contributed by atoms with Gasteiger partial charge in [0, 0.05) is 12.6 Å². The lowest BCUT2D eigenvalue weighted by Crippen LogP contribution is -2.11. The first-order valence-electron chi connectivity index (χ1n) is 4.97. The molecule has 6 heteroatoms. The van der Waals surface area contributed by atoms with Crippen LogP contribution in [0.5, 0.6) is 0 Å². The van der Waals surface area contributed by atoms with Gasteiger partial charge in [-0.25, -0.2) is 4.98 Å². The topological polar surface area (TPSA) is 87.2 Å². The minimum absolute atomic E-state index is 0.169. The van der Waals surface area contributed by atoms with Gasteiger partial charge in [-0.1, -0.05) is 30.3 Å². The lowest BCUT2D eigenvalue weighted by atomic mass is 10.2. The van der Waals surface area contributed by atoms with Gasteiger partial charge in [-0.2, -0.15) is 0 Å². The molecule has 86 valence electrons. The van der Waals surface area contributed by atoms with Crippen molar-refractivity contribution in [3.8, 4) is 11.4 Å². The molecule has 0 aliphatic carbocycles. The number of nitrogens with one attached hydrogen (secondary N) is 2. The van der Waals surface area contributed by atoms with Gasteiger partial charge in [0.15, 0.2) is 5.82 Å². The Kier molecular flexibility index (Phi) is 2.95. The van der Waals surface area contributed by atoms with Crippen LogP contribution in [0, 0.1) is 4.91 Å². The highest BCUT2D eigenvalue weighted by atomic mass is 16.3. The maximum absolute atomic E-state index is 11.6. The average Bonchev–Trinajstić information content (AvgIpc) is 2.38. The van der Waals surface area contributed by atoms with Crippen LogP contribution >= 0.6 is 0 Å². The molecule has 0 aliphatic heterocycles.